The highest BCUT2D eigenvalue weighted by molar-refractivity contribution is 6.31. The van der Waals surface area contributed by atoms with Crippen LogP contribution in [-0.2, 0) is 24.4 Å². The zero-order valence-electron chi connectivity index (χ0n) is 17.3. The number of carbonyl (C=O) groups is 1. The van der Waals surface area contributed by atoms with Gasteiger partial charge in [0.1, 0.15) is 6.26 Å². The van der Waals surface area contributed by atoms with Crippen molar-refractivity contribution in [3.05, 3.63) is 88.6 Å². The summed E-state index contributed by atoms with van der Waals surface area (Å²) >= 11 is 6.38. The van der Waals surface area contributed by atoms with Crippen molar-refractivity contribution in [3.8, 4) is 0 Å². The Morgan fingerprint density at radius 2 is 1.90 bits per heavy atom. The number of nitrogens with zero attached hydrogens (tertiary/aromatic N) is 2. The Hall–Kier alpha value is -2.67. The fourth-order valence-corrected chi connectivity index (χ4v) is 3.85. The fraction of sp³-hybridized carbons (Fsp3) is 0.333. The second-order valence-electron chi connectivity index (χ2n) is 7.69. The topological polar surface area (TPSA) is 67.6 Å². The second kappa shape index (κ2) is 10.6. The monoisotopic (exact) mass is 439 g/mol. The number of rotatable bonds is 9. The van der Waals surface area contributed by atoms with Crippen LogP contribution in [0.15, 0.2) is 65.3 Å². The van der Waals surface area contributed by atoms with E-state index in [9.17, 15) is 4.79 Å². The van der Waals surface area contributed by atoms with E-state index in [4.69, 9.17) is 20.8 Å². The number of amides is 1. The van der Waals surface area contributed by atoms with Gasteiger partial charge in [0.2, 0.25) is 5.89 Å². The van der Waals surface area contributed by atoms with Crippen LogP contribution >= 0.6 is 11.6 Å². The Kier molecular flexibility index (Phi) is 7.35. The van der Waals surface area contributed by atoms with Crippen LogP contribution in [0.3, 0.4) is 0 Å². The molecule has 0 unspecified atom stereocenters. The van der Waals surface area contributed by atoms with Crippen LogP contribution < -0.4 is 5.32 Å². The lowest BCUT2D eigenvalue weighted by Crippen LogP contribution is -2.32. The van der Waals surface area contributed by atoms with Crippen molar-refractivity contribution in [1.29, 1.82) is 0 Å². The summed E-state index contributed by atoms with van der Waals surface area (Å²) in [5, 5.41) is 3.60. The Morgan fingerprint density at radius 3 is 2.68 bits per heavy atom. The maximum absolute atomic E-state index is 12.4. The molecule has 2 aromatic carbocycles. The first-order chi connectivity index (χ1) is 15.2. The molecule has 3 aromatic rings. The van der Waals surface area contributed by atoms with E-state index in [1.54, 1.807) is 0 Å². The fourth-order valence-electron chi connectivity index (χ4n) is 3.66. The number of carbonyl (C=O) groups excluding carboxylic acids is 1. The summed E-state index contributed by atoms with van der Waals surface area (Å²) in [6.45, 7) is 3.05. The summed E-state index contributed by atoms with van der Waals surface area (Å²) in [6, 6.07) is 18.0. The van der Waals surface area contributed by atoms with E-state index < -0.39 is 0 Å². The largest absolute Gasteiger partial charge is 0.447 e. The zero-order chi connectivity index (χ0) is 21.5. The van der Waals surface area contributed by atoms with Crippen LogP contribution in [0.25, 0.3) is 0 Å². The summed E-state index contributed by atoms with van der Waals surface area (Å²) in [5.41, 5.74) is 2.49. The summed E-state index contributed by atoms with van der Waals surface area (Å²) < 4.78 is 11.2. The van der Waals surface area contributed by atoms with E-state index in [1.165, 1.54) is 11.8 Å². The van der Waals surface area contributed by atoms with Crippen LogP contribution in [-0.4, -0.2) is 35.0 Å². The van der Waals surface area contributed by atoms with E-state index in [0.717, 1.165) is 30.0 Å². The zero-order valence-corrected chi connectivity index (χ0v) is 18.1. The number of aromatic nitrogens is 1. The number of ether oxygens (including phenoxy) is 1. The first-order valence-corrected chi connectivity index (χ1v) is 10.9. The highest BCUT2D eigenvalue weighted by Gasteiger charge is 2.19. The molecule has 0 aliphatic carbocycles. The average Bonchev–Trinajstić information content (AvgIpc) is 3.47. The first kappa shape index (κ1) is 21.6. The SMILES string of the molecule is O=C(NC[C@H]1CCCO1)c1coc(CN(Cc2ccccc2)Cc2ccccc2Cl)n1. The van der Waals surface area contributed by atoms with E-state index >= 15 is 0 Å². The molecule has 0 bridgehead atoms. The molecule has 1 saturated heterocycles. The van der Waals surface area contributed by atoms with E-state index in [1.807, 2.05) is 42.5 Å². The van der Waals surface area contributed by atoms with Gasteiger partial charge in [0.15, 0.2) is 5.69 Å². The number of oxazole rings is 1. The van der Waals surface area contributed by atoms with E-state index in [0.29, 0.717) is 32.1 Å². The van der Waals surface area contributed by atoms with Gasteiger partial charge in [-0.15, -0.1) is 0 Å². The van der Waals surface area contributed by atoms with Gasteiger partial charge in [-0.05, 0) is 30.0 Å². The van der Waals surface area contributed by atoms with E-state index in [2.05, 4.69) is 27.3 Å². The number of halogens is 1. The molecular formula is C24H26ClN3O3. The Morgan fingerprint density at radius 1 is 1.10 bits per heavy atom. The average molecular weight is 440 g/mol. The van der Waals surface area contributed by atoms with Crippen LogP contribution in [0.1, 0.15) is 40.3 Å². The van der Waals surface area contributed by atoms with Gasteiger partial charge >= 0.3 is 0 Å². The van der Waals surface area contributed by atoms with Gasteiger partial charge in [0.25, 0.3) is 5.91 Å². The molecule has 0 saturated carbocycles. The van der Waals surface area contributed by atoms with Crippen molar-refractivity contribution in [1.82, 2.24) is 15.2 Å². The van der Waals surface area contributed by atoms with Crippen LogP contribution in [0.4, 0.5) is 0 Å². The molecule has 2 heterocycles. The van der Waals surface area contributed by atoms with Crippen molar-refractivity contribution < 1.29 is 13.9 Å². The molecule has 1 fully saturated rings. The summed E-state index contributed by atoms with van der Waals surface area (Å²) in [6.07, 6.45) is 3.52. The molecule has 7 heteroatoms. The molecule has 4 rings (SSSR count). The third kappa shape index (κ3) is 6.17. The van der Waals surface area contributed by atoms with Gasteiger partial charge in [0.05, 0.1) is 12.6 Å². The van der Waals surface area contributed by atoms with Gasteiger partial charge in [-0.25, -0.2) is 4.98 Å². The molecule has 1 aromatic heterocycles. The molecule has 162 valence electrons. The van der Waals surface area contributed by atoms with Gasteiger partial charge in [-0.1, -0.05) is 60.1 Å². The van der Waals surface area contributed by atoms with Crippen LogP contribution in [0.2, 0.25) is 5.02 Å². The number of benzene rings is 2. The smallest absolute Gasteiger partial charge is 0.273 e. The van der Waals surface area contributed by atoms with Crippen molar-refractivity contribution >= 4 is 17.5 Å². The van der Waals surface area contributed by atoms with Gasteiger partial charge in [0, 0.05) is 31.3 Å². The number of hydrogen-bond acceptors (Lipinski definition) is 5. The van der Waals surface area contributed by atoms with Gasteiger partial charge in [-0.2, -0.15) is 0 Å². The first-order valence-electron chi connectivity index (χ1n) is 10.5. The lowest BCUT2D eigenvalue weighted by atomic mass is 10.1. The normalized spacial score (nSPS) is 16.0. The molecular weight excluding hydrogens is 414 g/mol. The molecule has 6 nitrogen and oxygen atoms in total. The van der Waals surface area contributed by atoms with Crippen molar-refractivity contribution in [2.24, 2.45) is 0 Å². The van der Waals surface area contributed by atoms with Gasteiger partial charge in [-0.3, -0.25) is 9.69 Å². The minimum absolute atomic E-state index is 0.0901. The number of nitrogens with one attached hydrogen (secondary N) is 1. The minimum atomic E-state index is -0.244. The minimum Gasteiger partial charge on any atom is -0.447 e. The van der Waals surface area contributed by atoms with E-state index in [-0.39, 0.29) is 17.7 Å². The Bertz CT molecular complexity index is 986. The summed E-state index contributed by atoms with van der Waals surface area (Å²) in [4.78, 5) is 19.0. The quantitative estimate of drug-likeness (QED) is 0.534. The third-order valence-corrected chi connectivity index (χ3v) is 5.63. The molecule has 1 amide bonds. The predicted molar refractivity (Wildman–Crippen MR) is 119 cm³/mol. The molecule has 1 aliphatic heterocycles. The molecule has 31 heavy (non-hydrogen) atoms. The highest BCUT2D eigenvalue weighted by Crippen LogP contribution is 2.20. The van der Waals surface area contributed by atoms with Crippen molar-refractivity contribution in [3.63, 3.8) is 0 Å². The maximum Gasteiger partial charge on any atom is 0.273 e. The third-order valence-electron chi connectivity index (χ3n) is 5.26. The van der Waals surface area contributed by atoms with Crippen molar-refractivity contribution in [2.45, 2.75) is 38.6 Å². The molecule has 1 atom stereocenters. The molecule has 1 aliphatic rings. The van der Waals surface area contributed by atoms with Crippen LogP contribution in [0.5, 0.6) is 0 Å². The summed E-state index contributed by atoms with van der Waals surface area (Å²) in [5.74, 6) is 0.247. The summed E-state index contributed by atoms with van der Waals surface area (Å²) in [7, 11) is 0. The molecule has 1 N–H and O–H groups in total. The van der Waals surface area contributed by atoms with Crippen molar-refractivity contribution in [2.75, 3.05) is 13.2 Å². The maximum atomic E-state index is 12.4. The van der Waals surface area contributed by atoms with Crippen LogP contribution in [0, 0.1) is 0 Å². The predicted octanol–water partition coefficient (Wildman–Crippen LogP) is 4.44. The Labute approximate surface area is 187 Å². The lowest BCUT2D eigenvalue weighted by Gasteiger charge is -2.21. The molecule has 0 spiro atoms. The lowest BCUT2D eigenvalue weighted by molar-refractivity contribution is 0.0853. The molecule has 0 radical (unpaired) electrons. The standard InChI is InChI=1S/C24H26ClN3O3/c25-21-11-5-4-9-19(21)15-28(14-18-7-2-1-3-8-18)16-23-27-22(17-31-23)24(29)26-13-20-10-6-12-30-20/h1-5,7-9,11,17,20H,6,10,12-16H2,(H,26,29)/t20-/m1/s1. The number of hydrogen-bond donors (Lipinski definition) is 1. The van der Waals surface area contributed by atoms with Gasteiger partial charge < -0.3 is 14.5 Å². The Balaban J connectivity index is 1.42. The second-order valence-corrected chi connectivity index (χ2v) is 8.10. The highest BCUT2D eigenvalue weighted by atomic mass is 35.5.